The molecule has 0 bridgehead atoms. The summed E-state index contributed by atoms with van der Waals surface area (Å²) < 4.78 is 71.6. The van der Waals surface area contributed by atoms with Crippen molar-refractivity contribution in [2.75, 3.05) is 0 Å². The number of para-hydroxylation sites is 1. The average molecular weight is 530 g/mol. The molecule has 3 atom stereocenters. The van der Waals surface area contributed by atoms with E-state index in [1.165, 1.54) is 0 Å². The molecule has 0 amide bonds. The second kappa shape index (κ2) is 9.37. The predicted molar refractivity (Wildman–Crippen MR) is 130 cm³/mol. The molecule has 11 heteroatoms. The van der Waals surface area contributed by atoms with Gasteiger partial charge in [-0.25, -0.2) is 13.1 Å². The quantitative estimate of drug-likeness (QED) is 0.379. The second-order valence-corrected chi connectivity index (χ2v) is 10.7. The van der Waals surface area contributed by atoms with E-state index in [2.05, 4.69) is 15.5 Å². The summed E-state index contributed by atoms with van der Waals surface area (Å²) in [7, 11) is -4.13. The van der Waals surface area contributed by atoms with Crippen LogP contribution in [0, 0.1) is 11.3 Å². The Kier molecular flexibility index (Phi) is 6.35. The van der Waals surface area contributed by atoms with E-state index in [0.717, 1.165) is 46.1 Å². The smallest absolute Gasteiger partial charge is 0.406 e. The first-order valence-electron chi connectivity index (χ1n) is 11.6. The van der Waals surface area contributed by atoms with Crippen molar-refractivity contribution in [1.82, 2.24) is 9.29 Å². The van der Waals surface area contributed by atoms with E-state index in [1.807, 2.05) is 34.9 Å². The third-order valence-corrected chi connectivity index (χ3v) is 8.17. The minimum atomic E-state index is -4.89. The summed E-state index contributed by atoms with van der Waals surface area (Å²) in [6, 6.07) is 17.8. The van der Waals surface area contributed by atoms with Gasteiger partial charge in [-0.1, -0.05) is 18.2 Å². The van der Waals surface area contributed by atoms with Gasteiger partial charge in [-0.05, 0) is 67.8 Å². The van der Waals surface area contributed by atoms with Crippen molar-refractivity contribution in [3.05, 3.63) is 72.3 Å². The van der Waals surface area contributed by atoms with Crippen LogP contribution in [0.3, 0.4) is 0 Å². The number of halogens is 3. The van der Waals surface area contributed by atoms with E-state index in [-0.39, 0.29) is 4.90 Å². The number of nitrogens with zero attached hydrogens (tertiary/aromatic N) is 2. The normalized spacial score (nSPS) is 20.7. The van der Waals surface area contributed by atoms with Gasteiger partial charge in [0.1, 0.15) is 5.75 Å². The van der Waals surface area contributed by atoms with Crippen LogP contribution >= 0.6 is 0 Å². The van der Waals surface area contributed by atoms with Crippen LogP contribution in [0.25, 0.3) is 21.8 Å². The monoisotopic (exact) mass is 529 g/mol. The van der Waals surface area contributed by atoms with E-state index < -0.39 is 40.3 Å². The van der Waals surface area contributed by atoms with E-state index in [9.17, 15) is 32.0 Å². The fourth-order valence-electron chi connectivity index (χ4n) is 5.08. The van der Waals surface area contributed by atoms with Crippen molar-refractivity contribution < 1.29 is 31.4 Å². The summed E-state index contributed by atoms with van der Waals surface area (Å²) in [5, 5.41) is 22.5. The third kappa shape index (κ3) is 4.87. The lowest BCUT2D eigenvalue weighted by atomic mass is 9.88. The first kappa shape index (κ1) is 25.1. The van der Waals surface area contributed by atoms with Gasteiger partial charge in [-0.2, -0.15) is 5.26 Å². The van der Waals surface area contributed by atoms with Gasteiger partial charge in [-0.15, -0.1) is 13.2 Å². The van der Waals surface area contributed by atoms with Crippen LogP contribution in [0.2, 0.25) is 0 Å². The van der Waals surface area contributed by atoms with Crippen LogP contribution in [-0.2, 0) is 10.0 Å². The average Bonchev–Trinajstić information content (AvgIpc) is 3.18. The summed E-state index contributed by atoms with van der Waals surface area (Å²) in [6.07, 6.45) is -4.33. The standard InChI is InChI=1S/C26H22F3N3O4S/c27-26(28,29)36-17-9-11-18(12-10-17)37(34,35)31-21-5-3-7-24(25(21)33)32-22-6-2-1-4-19(22)20-14-16(15-30)8-13-23(20)32/h1-2,4,6,8-14,21,24-25,31,33H,3,5,7H2/t21-,24+,25+/m1/s1. The molecule has 37 heavy (non-hydrogen) atoms. The highest BCUT2D eigenvalue weighted by atomic mass is 32.2. The minimum absolute atomic E-state index is 0.239. The maximum Gasteiger partial charge on any atom is 0.573 e. The fraction of sp³-hybridized carbons (Fsp3) is 0.269. The number of hydrogen-bond acceptors (Lipinski definition) is 5. The summed E-state index contributed by atoms with van der Waals surface area (Å²) in [5.74, 6) is -0.532. The second-order valence-electron chi connectivity index (χ2n) is 8.97. The molecule has 1 saturated carbocycles. The number of aromatic nitrogens is 1. The zero-order chi connectivity index (χ0) is 26.4. The first-order valence-corrected chi connectivity index (χ1v) is 13.0. The number of sulfonamides is 1. The number of fused-ring (bicyclic) bond motifs is 3. The van der Waals surface area contributed by atoms with Crippen molar-refractivity contribution >= 4 is 31.8 Å². The van der Waals surface area contributed by atoms with Crippen LogP contribution in [0.15, 0.2) is 71.6 Å². The molecule has 1 aromatic heterocycles. The number of alkyl halides is 3. The molecule has 0 radical (unpaired) electrons. The molecule has 0 unspecified atom stereocenters. The van der Waals surface area contributed by atoms with Crippen LogP contribution in [0.5, 0.6) is 5.75 Å². The van der Waals surface area contributed by atoms with Crippen molar-refractivity contribution in [1.29, 1.82) is 5.26 Å². The number of benzene rings is 3. The number of aliphatic hydroxyl groups is 1. The van der Waals surface area contributed by atoms with Gasteiger partial charge >= 0.3 is 6.36 Å². The number of ether oxygens (including phenoxy) is 1. The molecular formula is C26H22F3N3O4S. The van der Waals surface area contributed by atoms with Gasteiger partial charge in [-0.3, -0.25) is 0 Å². The Bertz CT molecular complexity index is 1610. The summed E-state index contributed by atoms with van der Waals surface area (Å²) in [5.41, 5.74) is 2.20. The zero-order valence-electron chi connectivity index (χ0n) is 19.3. The molecular weight excluding hydrogens is 507 g/mol. The first-order chi connectivity index (χ1) is 17.6. The molecule has 5 rings (SSSR count). The molecule has 0 aliphatic heterocycles. The highest BCUT2D eigenvalue weighted by Crippen LogP contribution is 2.38. The maximum absolute atomic E-state index is 13.0. The van der Waals surface area contributed by atoms with Crippen LogP contribution in [-0.4, -0.2) is 36.6 Å². The SMILES string of the molecule is N#Cc1ccc2c(c1)c1ccccc1n2[C@H]1CCC[C@@H](NS(=O)(=O)c2ccc(OC(F)(F)F)cc2)[C@@H]1O. The van der Waals surface area contributed by atoms with Gasteiger partial charge in [0.25, 0.3) is 0 Å². The Hall–Kier alpha value is -3.59. The fourth-order valence-corrected chi connectivity index (χ4v) is 6.37. The largest absolute Gasteiger partial charge is 0.573 e. The number of aliphatic hydroxyl groups excluding tert-OH is 1. The molecule has 1 aliphatic rings. The summed E-state index contributed by atoms with van der Waals surface area (Å²) in [6.45, 7) is 0. The minimum Gasteiger partial charge on any atom is -0.406 e. The molecule has 1 aliphatic carbocycles. The molecule has 0 spiro atoms. The van der Waals surface area contributed by atoms with Crippen molar-refractivity contribution in [2.24, 2.45) is 0 Å². The number of rotatable bonds is 5. The van der Waals surface area contributed by atoms with Gasteiger partial charge in [0.05, 0.1) is 34.7 Å². The molecule has 3 aromatic carbocycles. The van der Waals surface area contributed by atoms with E-state index in [0.29, 0.717) is 24.8 Å². The van der Waals surface area contributed by atoms with Gasteiger partial charge in [0.15, 0.2) is 0 Å². The highest BCUT2D eigenvalue weighted by molar-refractivity contribution is 7.89. The number of nitrogens with one attached hydrogen (secondary N) is 1. The Morgan fingerprint density at radius 3 is 2.41 bits per heavy atom. The Labute approximate surface area is 210 Å². The molecule has 7 nitrogen and oxygen atoms in total. The molecule has 1 heterocycles. The zero-order valence-corrected chi connectivity index (χ0v) is 20.1. The van der Waals surface area contributed by atoms with E-state index in [4.69, 9.17) is 0 Å². The van der Waals surface area contributed by atoms with Crippen molar-refractivity contribution in [3.63, 3.8) is 0 Å². The summed E-state index contributed by atoms with van der Waals surface area (Å²) in [4.78, 5) is -0.239. The van der Waals surface area contributed by atoms with E-state index in [1.54, 1.807) is 12.1 Å². The lowest BCUT2D eigenvalue weighted by molar-refractivity contribution is -0.274. The van der Waals surface area contributed by atoms with Gasteiger partial charge in [0.2, 0.25) is 10.0 Å². The Morgan fingerprint density at radius 2 is 1.70 bits per heavy atom. The molecule has 0 saturated heterocycles. The number of nitriles is 1. The van der Waals surface area contributed by atoms with Crippen LogP contribution in [0.1, 0.15) is 30.9 Å². The molecule has 192 valence electrons. The molecule has 2 N–H and O–H groups in total. The van der Waals surface area contributed by atoms with Gasteiger partial charge < -0.3 is 14.4 Å². The predicted octanol–water partition coefficient (Wildman–Crippen LogP) is 5.00. The topological polar surface area (TPSA) is 104 Å². The van der Waals surface area contributed by atoms with Crippen molar-refractivity contribution in [3.8, 4) is 11.8 Å². The van der Waals surface area contributed by atoms with Crippen molar-refractivity contribution in [2.45, 2.75) is 48.7 Å². The Balaban J connectivity index is 1.45. The Morgan fingerprint density at radius 1 is 1.00 bits per heavy atom. The van der Waals surface area contributed by atoms with E-state index >= 15 is 0 Å². The summed E-state index contributed by atoms with van der Waals surface area (Å²) >= 11 is 0. The lowest BCUT2D eigenvalue weighted by Gasteiger charge is -2.36. The lowest BCUT2D eigenvalue weighted by Crippen LogP contribution is -2.49. The van der Waals surface area contributed by atoms with Gasteiger partial charge in [0, 0.05) is 21.8 Å². The molecule has 1 fully saturated rings. The number of hydrogen-bond donors (Lipinski definition) is 2. The highest BCUT2D eigenvalue weighted by Gasteiger charge is 2.37. The third-order valence-electron chi connectivity index (χ3n) is 6.67. The maximum atomic E-state index is 13.0. The molecule has 4 aromatic rings. The van der Waals surface area contributed by atoms with Crippen LogP contribution in [0.4, 0.5) is 13.2 Å². The van der Waals surface area contributed by atoms with Crippen LogP contribution < -0.4 is 9.46 Å².